The molecule has 3 nitrogen and oxygen atoms in total. The van der Waals surface area contributed by atoms with Gasteiger partial charge in [-0.3, -0.25) is 4.90 Å². The van der Waals surface area contributed by atoms with E-state index in [9.17, 15) is 0 Å². The number of likely N-dealkylation sites (N-methyl/N-ethyl adjacent to an activating group) is 1. The lowest BCUT2D eigenvalue weighted by Crippen LogP contribution is -2.51. The standard InChI is InChI=1S/C15H22N2O/c1-17-9-12(10-17)18-14-6-3-2-5-13(14)15(11-16)7-4-8-15/h2-3,5-6,12H,4,7-11,16H2,1H3. The van der Waals surface area contributed by atoms with Crippen molar-refractivity contribution in [2.75, 3.05) is 26.7 Å². The van der Waals surface area contributed by atoms with Crippen molar-refractivity contribution in [2.45, 2.75) is 30.8 Å². The highest BCUT2D eigenvalue weighted by Crippen LogP contribution is 2.46. The van der Waals surface area contributed by atoms with Crippen LogP contribution in [0.5, 0.6) is 5.75 Å². The molecule has 1 aliphatic carbocycles. The smallest absolute Gasteiger partial charge is 0.124 e. The maximum Gasteiger partial charge on any atom is 0.124 e. The summed E-state index contributed by atoms with van der Waals surface area (Å²) >= 11 is 0. The maximum absolute atomic E-state index is 6.14. The lowest BCUT2D eigenvalue weighted by molar-refractivity contribution is 0.0364. The van der Waals surface area contributed by atoms with Crippen molar-refractivity contribution in [1.82, 2.24) is 4.90 Å². The molecular formula is C15H22N2O. The molecule has 1 saturated heterocycles. The highest BCUT2D eigenvalue weighted by molar-refractivity contribution is 5.41. The number of ether oxygens (including phenoxy) is 1. The Morgan fingerprint density at radius 2 is 2.06 bits per heavy atom. The molecule has 0 atom stereocenters. The van der Waals surface area contributed by atoms with Gasteiger partial charge < -0.3 is 10.5 Å². The summed E-state index contributed by atoms with van der Waals surface area (Å²) in [5.41, 5.74) is 7.52. The summed E-state index contributed by atoms with van der Waals surface area (Å²) in [5.74, 6) is 1.06. The van der Waals surface area contributed by atoms with Crippen molar-refractivity contribution >= 4 is 0 Å². The first-order valence-corrected chi connectivity index (χ1v) is 6.88. The quantitative estimate of drug-likeness (QED) is 0.880. The van der Waals surface area contributed by atoms with Gasteiger partial charge in [-0.05, 0) is 26.0 Å². The van der Waals surface area contributed by atoms with Gasteiger partial charge in [0.15, 0.2) is 0 Å². The predicted molar refractivity (Wildman–Crippen MR) is 72.9 cm³/mol. The molecule has 0 unspecified atom stereocenters. The molecule has 3 heteroatoms. The highest BCUT2D eigenvalue weighted by Gasteiger charge is 2.40. The van der Waals surface area contributed by atoms with Gasteiger partial charge in [0.25, 0.3) is 0 Å². The average molecular weight is 246 g/mol. The van der Waals surface area contributed by atoms with E-state index < -0.39 is 0 Å². The zero-order chi connectivity index (χ0) is 12.6. The Balaban J connectivity index is 1.81. The first-order valence-electron chi connectivity index (χ1n) is 6.88. The minimum Gasteiger partial charge on any atom is -0.487 e. The third kappa shape index (κ3) is 1.91. The number of rotatable bonds is 4. The van der Waals surface area contributed by atoms with Crippen molar-refractivity contribution < 1.29 is 4.74 Å². The summed E-state index contributed by atoms with van der Waals surface area (Å²) in [5, 5.41) is 0. The largest absolute Gasteiger partial charge is 0.487 e. The second kappa shape index (κ2) is 4.56. The minimum absolute atomic E-state index is 0.187. The van der Waals surface area contributed by atoms with Gasteiger partial charge in [-0.15, -0.1) is 0 Å². The van der Waals surface area contributed by atoms with Crippen LogP contribution in [0.15, 0.2) is 24.3 Å². The molecule has 1 aliphatic heterocycles. The Morgan fingerprint density at radius 1 is 1.33 bits per heavy atom. The van der Waals surface area contributed by atoms with Crippen molar-refractivity contribution in [3.05, 3.63) is 29.8 Å². The Hall–Kier alpha value is -1.06. The molecule has 0 aromatic heterocycles. The lowest BCUT2D eigenvalue weighted by atomic mass is 9.64. The Labute approximate surface area is 109 Å². The van der Waals surface area contributed by atoms with Crippen LogP contribution in [-0.4, -0.2) is 37.7 Å². The molecular weight excluding hydrogens is 224 g/mol. The van der Waals surface area contributed by atoms with E-state index >= 15 is 0 Å². The van der Waals surface area contributed by atoms with E-state index in [0.29, 0.717) is 6.10 Å². The van der Waals surface area contributed by atoms with Gasteiger partial charge >= 0.3 is 0 Å². The summed E-state index contributed by atoms with van der Waals surface area (Å²) in [7, 11) is 2.12. The lowest BCUT2D eigenvalue weighted by Gasteiger charge is -2.43. The van der Waals surface area contributed by atoms with E-state index in [1.165, 1.54) is 24.8 Å². The van der Waals surface area contributed by atoms with Gasteiger partial charge in [-0.2, -0.15) is 0 Å². The van der Waals surface area contributed by atoms with E-state index in [1.54, 1.807) is 0 Å². The van der Waals surface area contributed by atoms with Crippen LogP contribution in [0.3, 0.4) is 0 Å². The second-order valence-electron chi connectivity index (χ2n) is 5.80. The monoisotopic (exact) mass is 246 g/mol. The fraction of sp³-hybridized carbons (Fsp3) is 0.600. The van der Waals surface area contributed by atoms with Crippen LogP contribution < -0.4 is 10.5 Å². The molecule has 18 heavy (non-hydrogen) atoms. The zero-order valence-corrected chi connectivity index (χ0v) is 11.1. The summed E-state index contributed by atoms with van der Waals surface area (Å²) < 4.78 is 6.14. The van der Waals surface area contributed by atoms with Gasteiger partial charge in [-0.25, -0.2) is 0 Å². The normalized spacial score (nSPS) is 23.2. The zero-order valence-electron chi connectivity index (χ0n) is 11.1. The number of nitrogens with two attached hydrogens (primary N) is 1. The van der Waals surface area contributed by atoms with Crippen molar-refractivity contribution in [3.63, 3.8) is 0 Å². The van der Waals surface area contributed by atoms with Gasteiger partial charge in [0.05, 0.1) is 0 Å². The molecule has 1 aromatic rings. The molecule has 2 N–H and O–H groups in total. The van der Waals surface area contributed by atoms with Crippen LogP contribution >= 0.6 is 0 Å². The summed E-state index contributed by atoms with van der Waals surface area (Å²) in [6.07, 6.45) is 4.05. The molecule has 1 saturated carbocycles. The van der Waals surface area contributed by atoms with Crippen LogP contribution in [0.4, 0.5) is 0 Å². The number of para-hydroxylation sites is 1. The van der Waals surface area contributed by atoms with Gasteiger partial charge in [0.2, 0.25) is 0 Å². The fourth-order valence-corrected chi connectivity index (χ4v) is 3.09. The first kappa shape index (κ1) is 12.0. The van der Waals surface area contributed by atoms with Crippen LogP contribution in [0.2, 0.25) is 0 Å². The van der Waals surface area contributed by atoms with E-state index in [1.807, 2.05) is 0 Å². The van der Waals surface area contributed by atoms with E-state index in [2.05, 4.69) is 36.2 Å². The van der Waals surface area contributed by atoms with E-state index in [0.717, 1.165) is 25.4 Å². The number of hydrogen-bond donors (Lipinski definition) is 1. The summed E-state index contributed by atoms with van der Waals surface area (Å²) in [6, 6.07) is 8.46. The summed E-state index contributed by atoms with van der Waals surface area (Å²) in [4.78, 5) is 2.27. The Morgan fingerprint density at radius 3 is 2.61 bits per heavy atom. The first-order chi connectivity index (χ1) is 8.73. The summed E-state index contributed by atoms with van der Waals surface area (Å²) in [6.45, 7) is 2.80. The molecule has 0 spiro atoms. The third-order valence-electron chi connectivity index (χ3n) is 4.48. The number of hydrogen-bond acceptors (Lipinski definition) is 3. The molecule has 2 fully saturated rings. The molecule has 0 radical (unpaired) electrons. The Kier molecular flexibility index (Phi) is 3.04. The van der Waals surface area contributed by atoms with Gasteiger partial charge in [-0.1, -0.05) is 24.6 Å². The molecule has 3 rings (SSSR count). The minimum atomic E-state index is 0.187. The van der Waals surface area contributed by atoms with Crippen LogP contribution in [-0.2, 0) is 5.41 Å². The van der Waals surface area contributed by atoms with E-state index in [-0.39, 0.29) is 5.41 Å². The van der Waals surface area contributed by atoms with Crippen LogP contribution in [0.25, 0.3) is 0 Å². The number of benzene rings is 1. The van der Waals surface area contributed by atoms with Crippen molar-refractivity contribution in [3.8, 4) is 5.75 Å². The van der Waals surface area contributed by atoms with E-state index in [4.69, 9.17) is 10.5 Å². The number of likely N-dealkylation sites (tertiary alicyclic amines) is 1. The molecule has 2 aliphatic rings. The van der Waals surface area contributed by atoms with Crippen LogP contribution in [0.1, 0.15) is 24.8 Å². The molecule has 0 amide bonds. The third-order valence-corrected chi connectivity index (χ3v) is 4.48. The second-order valence-corrected chi connectivity index (χ2v) is 5.80. The SMILES string of the molecule is CN1CC(Oc2ccccc2C2(CN)CCC2)C1. The fourth-order valence-electron chi connectivity index (χ4n) is 3.09. The topological polar surface area (TPSA) is 38.5 Å². The van der Waals surface area contributed by atoms with Crippen molar-refractivity contribution in [1.29, 1.82) is 0 Å². The average Bonchev–Trinajstić information content (AvgIpc) is 2.28. The number of nitrogens with zero attached hydrogens (tertiary/aromatic N) is 1. The predicted octanol–water partition coefficient (Wildman–Crippen LogP) is 1.76. The molecule has 1 heterocycles. The van der Waals surface area contributed by atoms with Crippen molar-refractivity contribution in [2.24, 2.45) is 5.73 Å². The van der Waals surface area contributed by atoms with Gasteiger partial charge in [0, 0.05) is 30.6 Å². The van der Waals surface area contributed by atoms with Crippen LogP contribution in [0, 0.1) is 0 Å². The highest BCUT2D eigenvalue weighted by atomic mass is 16.5. The Bertz CT molecular complexity index is 417. The molecule has 0 bridgehead atoms. The van der Waals surface area contributed by atoms with Gasteiger partial charge in [0.1, 0.15) is 11.9 Å². The molecule has 98 valence electrons. The maximum atomic E-state index is 6.14. The molecule has 1 aromatic carbocycles.